The summed E-state index contributed by atoms with van der Waals surface area (Å²) in [5.74, 6) is 5.97. The maximum absolute atomic E-state index is 12.6. The first-order chi connectivity index (χ1) is 17.4. The number of rotatable bonds is 15. The number of nitrogens with two attached hydrogens (primary N) is 2. The average molecular weight is 502 g/mol. The van der Waals surface area contributed by atoms with Crippen LogP contribution in [0, 0.1) is 0 Å². The standard InChI is InChI=1S/C22H35N11O3/c1-3-4-7-27-21-30-19(23)18-20(31-21)33(22(35)29-18)13-15-5-6-16(28-12-15)25-8-10-32(2)11-9-26-17(34)14-36-24/h5-6,12H,3-4,7-11,13-14,24H2,1-2H3,(H,25,28)(H,26,34)(H,29,35)(H3,23,27,30,31). The van der Waals surface area contributed by atoms with Crippen molar-refractivity contribution in [3.8, 4) is 0 Å². The van der Waals surface area contributed by atoms with E-state index in [1.807, 2.05) is 19.2 Å². The molecule has 0 saturated heterocycles. The van der Waals surface area contributed by atoms with Crippen LogP contribution in [0.1, 0.15) is 25.3 Å². The van der Waals surface area contributed by atoms with Crippen LogP contribution in [0.25, 0.3) is 11.2 Å². The monoisotopic (exact) mass is 501 g/mol. The number of nitrogens with one attached hydrogen (secondary N) is 4. The lowest BCUT2D eigenvalue weighted by molar-refractivity contribution is -0.125. The zero-order valence-electron chi connectivity index (χ0n) is 20.7. The summed E-state index contributed by atoms with van der Waals surface area (Å²) in [4.78, 5) is 46.2. The Morgan fingerprint density at radius 2 is 2.00 bits per heavy atom. The molecule has 14 heteroatoms. The summed E-state index contributed by atoms with van der Waals surface area (Å²) < 4.78 is 1.52. The molecule has 0 unspecified atom stereocenters. The number of likely N-dealkylation sites (N-methyl/N-ethyl adjacent to an activating group) is 1. The maximum Gasteiger partial charge on any atom is 0.328 e. The average Bonchev–Trinajstić information content (AvgIpc) is 3.16. The number of anilines is 3. The highest BCUT2D eigenvalue weighted by Crippen LogP contribution is 2.17. The van der Waals surface area contributed by atoms with E-state index >= 15 is 0 Å². The molecule has 3 rings (SSSR count). The molecule has 0 radical (unpaired) electrons. The van der Waals surface area contributed by atoms with E-state index in [2.05, 4.69) is 52.5 Å². The van der Waals surface area contributed by atoms with Crippen molar-refractivity contribution >= 4 is 34.7 Å². The number of imidazole rings is 1. The van der Waals surface area contributed by atoms with Crippen LogP contribution in [0.2, 0.25) is 0 Å². The normalized spacial score (nSPS) is 11.2. The van der Waals surface area contributed by atoms with Crippen molar-refractivity contribution in [1.82, 2.24) is 34.7 Å². The van der Waals surface area contributed by atoms with E-state index in [1.165, 1.54) is 4.57 Å². The molecule has 0 aliphatic carbocycles. The molecule has 3 heterocycles. The molecule has 0 aliphatic rings. The topological polar surface area (TPSA) is 194 Å². The van der Waals surface area contributed by atoms with Gasteiger partial charge in [0.05, 0.1) is 6.54 Å². The van der Waals surface area contributed by atoms with Crippen LogP contribution in [0.3, 0.4) is 0 Å². The summed E-state index contributed by atoms with van der Waals surface area (Å²) in [7, 11) is 1.96. The number of pyridine rings is 1. The lowest BCUT2D eigenvalue weighted by Crippen LogP contribution is -2.36. The second-order valence-electron chi connectivity index (χ2n) is 8.37. The minimum absolute atomic E-state index is 0.152. The van der Waals surface area contributed by atoms with E-state index in [0.29, 0.717) is 43.3 Å². The highest BCUT2D eigenvalue weighted by atomic mass is 16.6. The molecule has 3 aromatic heterocycles. The van der Waals surface area contributed by atoms with Crippen LogP contribution in [-0.4, -0.2) is 81.7 Å². The molecule has 196 valence electrons. The van der Waals surface area contributed by atoms with Gasteiger partial charge < -0.3 is 31.6 Å². The van der Waals surface area contributed by atoms with Crippen molar-refractivity contribution in [1.29, 1.82) is 0 Å². The van der Waals surface area contributed by atoms with Gasteiger partial charge in [-0.2, -0.15) is 9.97 Å². The number of carbonyl (C=O) groups is 1. The van der Waals surface area contributed by atoms with E-state index in [9.17, 15) is 9.59 Å². The SMILES string of the molecule is CCCCNc1nc(N)c2[nH]c(=O)n(Cc3ccc(NCCN(C)CCNC(=O)CON)nc3)c2n1. The molecular formula is C22H35N11O3. The number of carbonyl (C=O) groups excluding carboxylic acids is 1. The lowest BCUT2D eigenvalue weighted by atomic mass is 10.3. The van der Waals surface area contributed by atoms with E-state index < -0.39 is 0 Å². The molecule has 0 saturated carbocycles. The number of hydrogen-bond donors (Lipinski definition) is 6. The number of fused-ring (bicyclic) bond motifs is 1. The van der Waals surface area contributed by atoms with Crippen molar-refractivity contribution in [3.05, 3.63) is 34.4 Å². The molecule has 0 fully saturated rings. The Morgan fingerprint density at radius 1 is 1.19 bits per heavy atom. The van der Waals surface area contributed by atoms with Crippen LogP contribution in [0.4, 0.5) is 17.6 Å². The van der Waals surface area contributed by atoms with Gasteiger partial charge in [0.2, 0.25) is 11.9 Å². The highest BCUT2D eigenvalue weighted by Gasteiger charge is 2.14. The fourth-order valence-electron chi connectivity index (χ4n) is 3.46. The van der Waals surface area contributed by atoms with Gasteiger partial charge >= 0.3 is 5.69 Å². The molecule has 1 amide bonds. The number of hydrogen-bond acceptors (Lipinski definition) is 11. The van der Waals surface area contributed by atoms with Crippen LogP contribution < -0.4 is 33.3 Å². The van der Waals surface area contributed by atoms with Crippen LogP contribution >= 0.6 is 0 Å². The van der Waals surface area contributed by atoms with E-state index in [4.69, 9.17) is 11.6 Å². The van der Waals surface area contributed by atoms with Gasteiger partial charge in [-0.1, -0.05) is 19.4 Å². The number of H-pyrrole nitrogens is 1. The zero-order valence-corrected chi connectivity index (χ0v) is 20.7. The number of unbranched alkanes of at least 4 members (excludes halogenated alkanes) is 1. The first-order valence-corrected chi connectivity index (χ1v) is 11.9. The van der Waals surface area contributed by atoms with Gasteiger partial charge in [-0.05, 0) is 25.1 Å². The largest absolute Gasteiger partial charge is 0.382 e. The van der Waals surface area contributed by atoms with Crippen molar-refractivity contribution in [3.63, 3.8) is 0 Å². The Kier molecular flexibility index (Phi) is 9.97. The Bertz CT molecular complexity index is 1180. The summed E-state index contributed by atoms with van der Waals surface area (Å²) in [6, 6.07) is 3.77. The van der Waals surface area contributed by atoms with E-state index in [-0.39, 0.29) is 24.0 Å². The minimum Gasteiger partial charge on any atom is -0.382 e. The van der Waals surface area contributed by atoms with Gasteiger partial charge in [-0.15, -0.1) is 0 Å². The van der Waals surface area contributed by atoms with Crippen molar-refractivity contribution in [2.45, 2.75) is 26.3 Å². The first-order valence-electron chi connectivity index (χ1n) is 11.9. The van der Waals surface area contributed by atoms with Gasteiger partial charge in [-0.25, -0.2) is 15.7 Å². The zero-order chi connectivity index (χ0) is 25.9. The van der Waals surface area contributed by atoms with Gasteiger partial charge in [0, 0.05) is 38.9 Å². The van der Waals surface area contributed by atoms with Gasteiger partial charge in [0.25, 0.3) is 0 Å². The third-order valence-corrected chi connectivity index (χ3v) is 5.46. The molecule has 0 atom stereocenters. The quantitative estimate of drug-likeness (QED) is 0.118. The van der Waals surface area contributed by atoms with Crippen LogP contribution in [0.15, 0.2) is 23.1 Å². The molecule has 0 aromatic carbocycles. The summed E-state index contributed by atoms with van der Waals surface area (Å²) in [5.41, 5.74) is 7.45. The predicted molar refractivity (Wildman–Crippen MR) is 138 cm³/mol. The van der Waals surface area contributed by atoms with Crippen LogP contribution in [0.5, 0.6) is 0 Å². The Morgan fingerprint density at radius 3 is 2.72 bits per heavy atom. The summed E-state index contributed by atoms with van der Waals surface area (Å²) >= 11 is 0. The third-order valence-electron chi connectivity index (χ3n) is 5.46. The number of nitrogens with zero attached hydrogens (tertiary/aromatic N) is 5. The number of aromatic amines is 1. The Labute approximate surface area is 208 Å². The first kappa shape index (κ1) is 26.8. The maximum atomic E-state index is 12.6. The second-order valence-corrected chi connectivity index (χ2v) is 8.37. The fraction of sp³-hybridized carbons (Fsp3) is 0.500. The fourth-order valence-corrected chi connectivity index (χ4v) is 3.46. The second kappa shape index (κ2) is 13.4. The molecule has 3 aromatic rings. The van der Waals surface area contributed by atoms with E-state index in [0.717, 1.165) is 37.3 Å². The number of amides is 1. The molecule has 0 bridgehead atoms. The Balaban J connectivity index is 1.54. The van der Waals surface area contributed by atoms with Gasteiger partial charge in [-0.3, -0.25) is 14.2 Å². The molecule has 14 nitrogen and oxygen atoms in total. The predicted octanol–water partition coefficient (Wildman–Crippen LogP) is -0.293. The summed E-state index contributed by atoms with van der Waals surface area (Å²) in [6.45, 7) is 5.59. The molecule has 0 aliphatic heterocycles. The molecule has 36 heavy (non-hydrogen) atoms. The smallest absolute Gasteiger partial charge is 0.328 e. The van der Waals surface area contributed by atoms with Crippen LogP contribution in [-0.2, 0) is 16.2 Å². The van der Waals surface area contributed by atoms with Crippen molar-refractivity contribution in [2.75, 3.05) is 62.7 Å². The van der Waals surface area contributed by atoms with Crippen molar-refractivity contribution in [2.24, 2.45) is 5.90 Å². The van der Waals surface area contributed by atoms with Gasteiger partial charge in [0.1, 0.15) is 17.9 Å². The highest BCUT2D eigenvalue weighted by molar-refractivity contribution is 5.82. The lowest BCUT2D eigenvalue weighted by Gasteiger charge is -2.17. The summed E-state index contributed by atoms with van der Waals surface area (Å²) in [6.07, 6.45) is 3.74. The van der Waals surface area contributed by atoms with Gasteiger partial charge in [0.15, 0.2) is 11.5 Å². The Hall–Kier alpha value is -3.75. The number of aromatic nitrogens is 5. The van der Waals surface area contributed by atoms with Crippen molar-refractivity contribution < 1.29 is 9.63 Å². The minimum atomic E-state index is -0.311. The molecule has 8 N–H and O–H groups in total. The molecular weight excluding hydrogens is 466 g/mol. The third kappa shape index (κ3) is 7.63. The molecule has 0 spiro atoms. The summed E-state index contributed by atoms with van der Waals surface area (Å²) in [5, 5.41) is 9.13. The number of nitrogen functional groups attached to an aromatic ring is 1. The van der Waals surface area contributed by atoms with E-state index in [1.54, 1.807) is 6.20 Å².